The van der Waals surface area contributed by atoms with E-state index in [1.54, 1.807) is 0 Å². The number of halogens is 1. The number of rotatable bonds is 9. The summed E-state index contributed by atoms with van der Waals surface area (Å²) in [5.41, 5.74) is -0.750. The molecule has 1 aromatic carbocycles. The molecule has 11 nitrogen and oxygen atoms in total. The number of hydrogen-bond acceptors (Lipinski definition) is 7. The van der Waals surface area contributed by atoms with Crippen LogP contribution in [0.1, 0.15) is 60.9 Å². The van der Waals surface area contributed by atoms with Gasteiger partial charge in [0.25, 0.3) is 5.91 Å². The molecule has 0 bridgehead atoms. The number of alkyl halides is 1. The number of hydrogen-bond donors (Lipinski definition) is 4. The van der Waals surface area contributed by atoms with Crippen molar-refractivity contribution in [3.63, 3.8) is 0 Å². The van der Waals surface area contributed by atoms with Crippen molar-refractivity contribution in [1.82, 2.24) is 14.7 Å². The van der Waals surface area contributed by atoms with Gasteiger partial charge in [-0.15, -0.1) is 0 Å². The maximum Gasteiger partial charge on any atom is 0.336 e. The average molecular weight is 552 g/mol. The molecule has 39 heavy (non-hydrogen) atoms. The maximum absolute atomic E-state index is 13.2. The van der Waals surface area contributed by atoms with Crippen LogP contribution in [0.4, 0.5) is 4.39 Å². The first kappa shape index (κ1) is 30.5. The van der Waals surface area contributed by atoms with Crippen LogP contribution in [-0.2, 0) is 20.9 Å². The van der Waals surface area contributed by atoms with Crippen LogP contribution in [0.3, 0.4) is 0 Å². The van der Waals surface area contributed by atoms with E-state index in [-0.39, 0.29) is 5.91 Å². The third-order valence-corrected chi connectivity index (χ3v) is 7.60. The van der Waals surface area contributed by atoms with Gasteiger partial charge in [-0.3, -0.25) is 24.2 Å². The zero-order valence-electron chi connectivity index (χ0n) is 22.0. The minimum Gasteiger partial charge on any atom is -0.481 e. The third kappa shape index (κ3) is 8.97. The first-order valence-corrected chi connectivity index (χ1v) is 13.3. The SMILES string of the molecule is O=C(O)CC(O)(CC(=O)O)C(=O)O.O=C(c1ccc(CN2CCC(F)CC2)cc1)N1CCN(C2CCC2)CC1. The van der Waals surface area contributed by atoms with E-state index in [0.717, 1.165) is 57.4 Å². The number of nitrogens with zero attached hydrogens (tertiary/aromatic N) is 3. The van der Waals surface area contributed by atoms with Crippen LogP contribution >= 0.6 is 0 Å². The predicted molar refractivity (Wildman–Crippen MR) is 138 cm³/mol. The number of amides is 1. The van der Waals surface area contributed by atoms with Crippen molar-refractivity contribution in [1.29, 1.82) is 0 Å². The van der Waals surface area contributed by atoms with E-state index < -0.39 is 42.5 Å². The summed E-state index contributed by atoms with van der Waals surface area (Å²) in [5, 5.41) is 33.8. The van der Waals surface area contributed by atoms with Gasteiger partial charge in [0.2, 0.25) is 0 Å². The molecule has 2 saturated heterocycles. The van der Waals surface area contributed by atoms with E-state index in [1.165, 1.54) is 24.8 Å². The second-order valence-corrected chi connectivity index (χ2v) is 10.5. The van der Waals surface area contributed by atoms with Crippen LogP contribution in [-0.4, -0.2) is 116 Å². The Bertz CT molecular complexity index is 985. The smallest absolute Gasteiger partial charge is 0.336 e. The van der Waals surface area contributed by atoms with E-state index in [1.807, 2.05) is 17.0 Å². The lowest BCUT2D eigenvalue weighted by atomic mass is 9.91. The van der Waals surface area contributed by atoms with Crippen molar-refractivity contribution in [3.05, 3.63) is 35.4 Å². The molecule has 0 spiro atoms. The Morgan fingerprint density at radius 2 is 1.36 bits per heavy atom. The molecule has 0 atom stereocenters. The molecule has 3 fully saturated rings. The fourth-order valence-corrected chi connectivity index (χ4v) is 5.01. The molecular weight excluding hydrogens is 513 g/mol. The molecule has 3 aliphatic rings. The van der Waals surface area contributed by atoms with Gasteiger partial charge in [-0.05, 0) is 43.4 Å². The van der Waals surface area contributed by atoms with E-state index in [0.29, 0.717) is 12.8 Å². The van der Waals surface area contributed by atoms with Gasteiger partial charge in [-0.2, -0.15) is 0 Å². The second kappa shape index (κ2) is 13.8. The molecular formula is C27H38FN3O8. The second-order valence-electron chi connectivity index (χ2n) is 10.5. The van der Waals surface area contributed by atoms with E-state index in [2.05, 4.69) is 21.9 Å². The van der Waals surface area contributed by atoms with Crippen LogP contribution in [0.5, 0.6) is 0 Å². The van der Waals surface area contributed by atoms with E-state index >= 15 is 0 Å². The zero-order valence-corrected chi connectivity index (χ0v) is 22.0. The number of piperidine rings is 1. The molecule has 1 aliphatic carbocycles. The number of likely N-dealkylation sites (tertiary alicyclic amines) is 1. The van der Waals surface area contributed by atoms with E-state index in [4.69, 9.17) is 20.4 Å². The lowest BCUT2D eigenvalue weighted by Crippen LogP contribution is -2.53. The first-order valence-electron chi connectivity index (χ1n) is 13.3. The molecule has 216 valence electrons. The fourth-order valence-electron chi connectivity index (χ4n) is 5.01. The number of carboxylic acids is 3. The summed E-state index contributed by atoms with van der Waals surface area (Å²) in [5.74, 6) is -4.86. The molecule has 12 heteroatoms. The molecule has 1 amide bonds. The van der Waals surface area contributed by atoms with Gasteiger partial charge >= 0.3 is 17.9 Å². The zero-order chi connectivity index (χ0) is 28.6. The van der Waals surface area contributed by atoms with Gasteiger partial charge in [-0.25, -0.2) is 9.18 Å². The number of aliphatic carboxylic acids is 3. The van der Waals surface area contributed by atoms with Gasteiger partial charge < -0.3 is 25.3 Å². The van der Waals surface area contributed by atoms with Crippen LogP contribution in [0.2, 0.25) is 0 Å². The lowest BCUT2D eigenvalue weighted by molar-refractivity contribution is -0.170. The summed E-state index contributed by atoms with van der Waals surface area (Å²) in [6, 6.07) is 8.79. The molecule has 1 aromatic rings. The quantitative estimate of drug-likeness (QED) is 0.356. The van der Waals surface area contributed by atoms with Crippen LogP contribution in [0.15, 0.2) is 24.3 Å². The summed E-state index contributed by atoms with van der Waals surface area (Å²) < 4.78 is 13.2. The first-order chi connectivity index (χ1) is 18.5. The number of carbonyl (C=O) groups is 4. The minimum atomic E-state index is -2.74. The average Bonchev–Trinajstić information content (AvgIpc) is 2.84. The highest BCUT2D eigenvalue weighted by Gasteiger charge is 2.40. The molecule has 2 heterocycles. The predicted octanol–water partition coefficient (Wildman–Crippen LogP) is 1.68. The molecule has 4 N–H and O–H groups in total. The largest absolute Gasteiger partial charge is 0.481 e. The monoisotopic (exact) mass is 551 g/mol. The Balaban J connectivity index is 0.000000276. The maximum atomic E-state index is 13.2. The van der Waals surface area contributed by atoms with Gasteiger partial charge in [-0.1, -0.05) is 18.6 Å². The van der Waals surface area contributed by atoms with E-state index in [9.17, 15) is 23.6 Å². The standard InChI is InChI=1S/C21H30FN3O.C6H8O7/c22-19-8-10-23(11-9-19)16-17-4-6-18(7-5-17)21(26)25-14-12-24(13-15-25)20-2-1-3-20;7-3(8)1-6(13,5(11)12)2-4(9)10/h4-7,19-20H,1-3,8-16H2;13H,1-2H2,(H,7,8)(H,9,10)(H,11,12). The summed E-state index contributed by atoms with van der Waals surface area (Å²) in [4.78, 5) is 50.1. The molecule has 0 unspecified atom stereocenters. The summed E-state index contributed by atoms with van der Waals surface area (Å²) in [6.07, 6.45) is 2.39. The van der Waals surface area contributed by atoms with Crippen LogP contribution in [0, 0.1) is 0 Å². The van der Waals surface area contributed by atoms with Crippen molar-refractivity contribution < 1.29 is 44.0 Å². The van der Waals surface area contributed by atoms with Crippen molar-refractivity contribution in [2.75, 3.05) is 39.3 Å². The van der Waals surface area contributed by atoms with Crippen LogP contribution in [0.25, 0.3) is 0 Å². The topological polar surface area (TPSA) is 159 Å². The molecule has 0 aromatic heterocycles. The molecule has 1 saturated carbocycles. The minimum absolute atomic E-state index is 0.156. The highest BCUT2D eigenvalue weighted by atomic mass is 19.1. The molecule has 0 radical (unpaired) electrons. The van der Waals surface area contributed by atoms with Crippen molar-refractivity contribution in [3.8, 4) is 0 Å². The van der Waals surface area contributed by atoms with Crippen LogP contribution < -0.4 is 0 Å². The number of benzene rings is 1. The van der Waals surface area contributed by atoms with Crippen molar-refractivity contribution >= 4 is 23.8 Å². The number of aliphatic hydroxyl groups is 1. The fraction of sp³-hybridized carbons (Fsp3) is 0.630. The van der Waals surface area contributed by atoms with Crippen molar-refractivity contribution in [2.24, 2.45) is 0 Å². The molecule has 4 rings (SSSR count). The Hall–Kier alpha value is -3.09. The van der Waals surface area contributed by atoms with Gasteiger partial charge in [0.1, 0.15) is 6.17 Å². The number of carbonyl (C=O) groups excluding carboxylic acids is 1. The lowest BCUT2D eigenvalue weighted by Gasteiger charge is -2.42. The highest BCUT2D eigenvalue weighted by Crippen LogP contribution is 2.26. The molecule has 2 aliphatic heterocycles. The summed E-state index contributed by atoms with van der Waals surface area (Å²) in [7, 11) is 0. The highest BCUT2D eigenvalue weighted by molar-refractivity contribution is 5.94. The van der Waals surface area contributed by atoms with Crippen molar-refractivity contribution in [2.45, 2.75) is 69.3 Å². The Morgan fingerprint density at radius 3 is 1.79 bits per heavy atom. The number of carboxylic acid groups (broad SMARTS) is 3. The summed E-state index contributed by atoms with van der Waals surface area (Å²) >= 11 is 0. The Morgan fingerprint density at radius 1 is 0.821 bits per heavy atom. The van der Waals surface area contributed by atoms with Gasteiger partial charge in [0.05, 0.1) is 12.8 Å². The third-order valence-electron chi connectivity index (χ3n) is 7.60. The number of piperazine rings is 1. The Kier molecular flexibility index (Phi) is 10.8. The summed E-state index contributed by atoms with van der Waals surface area (Å²) in [6.45, 7) is 6.21. The Labute approximate surface area is 226 Å². The normalized spacial score (nSPS) is 19.5. The van der Waals surface area contributed by atoms with Gasteiger partial charge in [0.15, 0.2) is 5.60 Å². The van der Waals surface area contributed by atoms with Gasteiger partial charge in [0, 0.05) is 57.4 Å².